The van der Waals surface area contributed by atoms with E-state index in [1.165, 1.54) is 17.4 Å². The molecule has 0 aliphatic heterocycles. The molecule has 0 spiro atoms. The Morgan fingerprint density at radius 2 is 1.90 bits per heavy atom. The Kier molecular flexibility index (Phi) is 8.61. The van der Waals surface area contributed by atoms with Gasteiger partial charge < -0.3 is 19.5 Å². The van der Waals surface area contributed by atoms with Crippen LogP contribution in [-0.4, -0.2) is 46.6 Å². The van der Waals surface area contributed by atoms with Crippen molar-refractivity contribution in [3.63, 3.8) is 0 Å². The fourth-order valence-electron chi connectivity index (χ4n) is 2.84. The monoisotopic (exact) mass is 459 g/mol. The Labute approximate surface area is 191 Å². The molecule has 7 nitrogen and oxygen atoms in total. The predicted molar refractivity (Wildman–Crippen MR) is 125 cm³/mol. The van der Waals surface area contributed by atoms with E-state index in [0.717, 1.165) is 13.0 Å². The molecule has 31 heavy (non-hydrogen) atoms. The number of nitrogens with one attached hydrogen (secondary N) is 1. The van der Waals surface area contributed by atoms with Crippen LogP contribution in [0.1, 0.15) is 12.2 Å². The number of amides is 1. The van der Waals surface area contributed by atoms with E-state index in [2.05, 4.69) is 32.5 Å². The Hall–Kier alpha value is -2.71. The van der Waals surface area contributed by atoms with Gasteiger partial charge in [-0.2, -0.15) is 0 Å². The molecule has 3 aromatic rings. The number of ether oxygens (including phenoxy) is 1. The highest BCUT2D eigenvalue weighted by atomic mass is 35.5. The molecule has 9 heteroatoms. The number of anilines is 1. The number of hydrogen-bond donors (Lipinski definition) is 1. The second-order valence-electron chi connectivity index (χ2n) is 6.93. The summed E-state index contributed by atoms with van der Waals surface area (Å²) in [5.41, 5.74) is 1.17. The summed E-state index contributed by atoms with van der Waals surface area (Å²) >= 11 is 7.45. The van der Waals surface area contributed by atoms with Gasteiger partial charge in [-0.3, -0.25) is 4.79 Å². The fourth-order valence-corrected chi connectivity index (χ4v) is 3.79. The number of nitrogens with zero attached hydrogens (tertiary/aromatic N) is 4. The number of benzene rings is 2. The highest BCUT2D eigenvalue weighted by molar-refractivity contribution is 7.99. The second kappa shape index (κ2) is 11.6. The molecule has 0 bridgehead atoms. The zero-order valence-electron chi connectivity index (χ0n) is 17.6. The number of hydrogen-bond acceptors (Lipinski definition) is 6. The lowest BCUT2D eigenvalue weighted by Gasteiger charge is -2.19. The normalized spacial score (nSPS) is 10.7. The SMILES string of the molecule is CN(CCCNC(=O)CSc1nnc(COc2ccccc2Cl)n1C)c1ccccc1. The van der Waals surface area contributed by atoms with Crippen LogP contribution in [-0.2, 0) is 18.4 Å². The number of halogens is 1. The van der Waals surface area contributed by atoms with Crippen molar-refractivity contribution in [1.29, 1.82) is 0 Å². The van der Waals surface area contributed by atoms with Gasteiger partial charge in [0.2, 0.25) is 5.91 Å². The van der Waals surface area contributed by atoms with Gasteiger partial charge >= 0.3 is 0 Å². The molecule has 1 amide bonds. The van der Waals surface area contributed by atoms with Crippen LogP contribution in [0.15, 0.2) is 59.8 Å². The van der Waals surface area contributed by atoms with Crippen LogP contribution in [0.25, 0.3) is 0 Å². The van der Waals surface area contributed by atoms with Crippen LogP contribution in [0.5, 0.6) is 5.75 Å². The summed E-state index contributed by atoms with van der Waals surface area (Å²) < 4.78 is 7.53. The lowest BCUT2D eigenvalue weighted by Crippen LogP contribution is -2.29. The third-order valence-electron chi connectivity index (χ3n) is 4.64. The van der Waals surface area contributed by atoms with Gasteiger partial charge in [0.1, 0.15) is 12.4 Å². The first-order valence-corrected chi connectivity index (χ1v) is 11.3. The van der Waals surface area contributed by atoms with Crippen molar-refractivity contribution in [2.45, 2.75) is 18.2 Å². The van der Waals surface area contributed by atoms with E-state index in [4.69, 9.17) is 16.3 Å². The Morgan fingerprint density at radius 3 is 2.68 bits per heavy atom. The smallest absolute Gasteiger partial charge is 0.230 e. The number of carbonyl (C=O) groups is 1. The molecular formula is C22H26ClN5O2S. The van der Waals surface area contributed by atoms with E-state index >= 15 is 0 Å². The summed E-state index contributed by atoms with van der Waals surface area (Å²) in [4.78, 5) is 14.3. The van der Waals surface area contributed by atoms with Gasteiger partial charge in [-0.05, 0) is 30.7 Å². The predicted octanol–water partition coefficient (Wildman–Crippen LogP) is 3.78. The number of aromatic nitrogens is 3. The minimum atomic E-state index is -0.0239. The van der Waals surface area contributed by atoms with E-state index in [0.29, 0.717) is 28.3 Å². The topological polar surface area (TPSA) is 72.3 Å². The molecule has 164 valence electrons. The highest BCUT2D eigenvalue weighted by Crippen LogP contribution is 2.24. The molecule has 0 fully saturated rings. The number of carbonyl (C=O) groups excluding carboxylic acids is 1. The summed E-state index contributed by atoms with van der Waals surface area (Å²) in [5, 5.41) is 12.5. The number of rotatable bonds is 11. The van der Waals surface area contributed by atoms with E-state index in [-0.39, 0.29) is 18.3 Å². The number of para-hydroxylation sites is 2. The van der Waals surface area contributed by atoms with Crippen molar-refractivity contribution in [3.8, 4) is 5.75 Å². The van der Waals surface area contributed by atoms with Gasteiger partial charge in [0.25, 0.3) is 0 Å². The third-order valence-corrected chi connectivity index (χ3v) is 5.97. The highest BCUT2D eigenvalue weighted by Gasteiger charge is 2.12. The molecule has 1 heterocycles. The molecule has 0 aliphatic rings. The van der Waals surface area contributed by atoms with Crippen LogP contribution in [0.3, 0.4) is 0 Å². The zero-order valence-corrected chi connectivity index (χ0v) is 19.2. The summed E-state index contributed by atoms with van der Waals surface area (Å²) in [6, 6.07) is 17.5. The Morgan fingerprint density at radius 1 is 1.16 bits per heavy atom. The summed E-state index contributed by atoms with van der Waals surface area (Å²) in [6.45, 7) is 1.75. The second-order valence-corrected chi connectivity index (χ2v) is 8.28. The molecule has 0 radical (unpaired) electrons. The van der Waals surface area contributed by atoms with Gasteiger partial charge in [0.05, 0.1) is 10.8 Å². The summed E-state index contributed by atoms with van der Waals surface area (Å²) in [6.07, 6.45) is 0.870. The minimum Gasteiger partial charge on any atom is -0.484 e. The maximum atomic E-state index is 12.2. The Bertz CT molecular complexity index is 983. The van der Waals surface area contributed by atoms with Crippen molar-refractivity contribution in [1.82, 2.24) is 20.1 Å². The lowest BCUT2D eigenvalue weighted by atomic mass is 10.3. The molecule has 3 rings (SSSR count). The molecule has 0 aliphatic carbocycles. The quantitative estimate of drug-likeness (QED) is 0.347. The van der Waals surface area contributed by atoms with Crippen LogP contribution in [0.2, 0.25) is 5.02 Å². The molecule has 2 aromatic carbocycles. The average Bonchev–Trinajstić information content (AvgIpc) is 3.14. The van der Waals surface area contributed by atoms with Gasteiger partial charge in [-0.25, -0.2) is 0 Å². The lowest BCUT2D eigenvalue weighted by molar-refractivity contribution is -0.118. The van der Waals surface area contributed by atoms with Gasteiger partial charge in [0, 0.05) is 32.9 Å². The van der Waals surface area contributed by atoms with Gasteiger partial charge in [-0.15, -0.1) is 10.2 Å². The average molecular weight is 460 g/mol. The Balaban J connectivity index is 1.37. The first-order chi connectivity index (χ1) is 15.0. The minimum absolute atomic E-state index is 0.0239. The first kappa shape index (κ1) is 23.0. The van der Waals surface area contributed by atoms with Crippen LogP contribution < -0.4 is 15.0 Å². The number of thioether (sulfide) groups is 1. The molecule has 1 N–H and O–H groups in total. The van der Waals surface area contributed by atoms with Crippen molar-refractivity contribution in [2.24, 2.45) is 7.05 Å². The zero-order chi connectivity index (χ0) is 22.1. The maximum Gasteiger partial charge on any atom is 0.230 e. The summed E-state index contributed by atoms with van der Waals surface area (Å²) in [7, 11) is 3.90. The van der Waals surface area contributed by atoms with E-state index in [9.17, 15) is 4.79 Å². The van der Waals surface area contributed by atoms with Gasteiger partial charge in [0.15, 0.2) is 11.0 Å². The van der Waals surface area contributed by atoms with E-state index in [1.807, 2.05) is 49.0 Å². The maximum absolute atomic E-state index is 12.2. The summed E-state index contributed by atoms with van der Waals surface area (Å²) in [5.74, 6) is 1.51. The molecule has 0 saturated carbocycles. The molecule has 0 atom stereocenters. The third kappa shape index (κ3) is 6.90. The molecule has 0 unspecified atom stereocenters. The first-order valence-electron chi connectivity index (χ1n) is 9.96. The largest absolute Gasteiger partial charge is 0.484 e. The van der Waals surface area contributed by atoms with Crippen LogP contribution >= 0.6 is 23.4 Å². The van der Waals surface area contributed by atoms with Crippen LogP contribution in [0.4, 0.5) is 5.69 Å². The molecule has 0 saturated heterocycles. The van der Waals surface area contributed by atoms with Crippen molar-refractivity contribution >= 4 is 35.0 Å². The molecule has 1 aromatic heterocycles. The fraction of sp³-hybridized carbons (Fsp3) is 0.318. The standard InChI is InChI=1S/C22H26ClN5O2S/c1-27(17-9-4-3-5-10-17)14-8-13-24-21(29)16-31-22-26-25-20(28(22)2)15-30-19-12-7-6-11-18(19)23/h3-7,9-12H,8,13-16H2,1-2H3,(H,24,29). The van der Waals surface area contributed by atoms with Gasteiger partial charge in [-0.1, -0.05) is 53.7 Å². The van der Waals surface area contributed by atoms with Crippen molar-refractivity contribution in [2.75, 3.05) is 30.8 Å². The van der Waals surface area contributed by atoms with Crippen molar-refractivity contribution < 1.29 is 9.53 Å². The van der Waals surface area contributed by atoms with Crippen LogP contribution in [0, 0.1) is 0 Å². The van der Waals surface area contributed by atoms with Crippen molar-refractivity contribution in [3.05, 3.63) is 65.4 Å². The van der Waals surface area contributed by atoms with E-state index in [1.54, 1.807) is 12.1 Å². The molecular weight excluding hydrogens is 434 g/mol. The van der Waals surface area contributed by atoms with E-state index < -0.39 is 0 Å².